The van der Waals surface area contributed by atoms with Crippen molar-refractivity contribution >= 4 is 5.91 Å². The first-order valence-corrected chi connectivity index (χ1v) is 6.38. The third-order valence-corrected chi connectivity index (χ3v) is 3.25. The van der Waals surface area contributed by atoms with Crippen molar-refractivity contribution in [1.82, 2.24) is 4.57 Å². The topological polar surface area (TPSA) is 48.0 Å². The molecule has 2 aromatic carbocycles. The van der Waals surface area contributed by atoms with Gasteiger partial charge in [0.2, 0.25) is 5.91 Å². The molecule has 98 valence electrons. The van der Waals surface area contributed by atoms with Crippen LogP contribution in [0.25, 0.3) is 16.8 Å². The quantitative estimate of drug-likeness (QED) is 0.774. The molecule has 1 aromatic heterocycles. The lowest BCUT2D eigenvalue weighted by Gasteiger charge is -2.05. The molecule has 0 aliphatic heterocycles. The van der Waals surface area contributed by atoms with Crippen LogP contribution in [0.1, 0.15) is 10.4 Å². The predicted molar refractivity (Wildman–Crippen MR) is 79.7 cm³/mol. The molecule has 0 radical (unpaired) electrons. The number of amides is 1. The lowest BCUT2D eigenvalue weighted by molar-refractivity contribution is 0.100. The molecule has 0 atom stereocenters. The molecule has 0 bridgehead atoms. The Morgan fingerprint density at radius 2 is 1.50 bits per heavy atom. The Bertz CT molecular complexity index is 727. The largest absolute Gasteiger partial charge is 0.366 e. The average molecular weight is 262 g/mol. The van der Waals surface area contributed by atoms with Gasteiger partial charge in [-0.2, -0.15) is 0 Å². The summed E-state index contributed by atoms with van der Waals surface area (Å²) in [6.07, 6.45) is 3.57. The van der Waals surface area contributed by atoms with Gasteiger partial charge in [0.25, 0.3) is 0 Å². The van der Waals surface area contributed by atoms with Crippen LogP contribution in [-0.2, 0) is 0 Å². The highest BCUT2D eigenvalue weighted by atomic mass is 16.1. The van der Waals surface area contributed by atoms with E-state index in [9.17, 15) is 4.79 Å². The van der Waals surface area contributed by atoms with Gasteiger partial charge in [0.1, 0.15) is 0 Å². The number of rotatable bonds is 3. The van der Waals surface area contributed by atoms with Crippen LogP contribution in [-0.4, -0.2) is 10.5 Å². The van der Waals surface area contributed by atoms with E-state index >= 15 is 0 Å². The summed E-state index contributed by atoms with van der Waals surface area (Å²) in [5.41, 5.74) is 9.11. The zero-order valence-electron chi connectivity index (χ0n) is 10.9. The van der Waals surface area contributed by atoms with Crippen molar-refractivity contribution in [3.05, 3.63) is 78.6 Å². The van der Waals surface area contributed by atoms with Gasteiger partial charge in [-0.1, -0.05) is 42.5 Å². The number of nitrogens with zero attached hydrogens (tertiary/aromatic N) is 1. The van der Waals surface area contributed by atoms with Crippen LogP contribution in [0.5, 0.6) is 0 Å². The number of hydrogen-bond acceptors (Lipinski definition) is 1. The fraction of sp³-hybridized carbons (Fsp3) is 0. The summed E-state index contributed by atoms with van der Waals surface area (Å²) < 4.78 is 1.88. The number of carbonyl (C=O) groups excluding carboxylic acids is 1. The molecule has 0 saturated carbocycles. The molecule has 3 aromatic rings. The summed E-state index contributed by atoms with van der Waals surface area (Å²) in [5, 5.41) is 0. The molecule has 0 aliphatic carbocycles. The minimum Gasteiger partial charge on any atom is -0.366 e. The molecule has 1 amide bonds. The Morgan fingerprint density at radius 1 is 0.850 bits per heavy atom. The molecule has 0 spiro atoms. The van der Waals surface area contributed by atoms with Crippen molar-refractivity contribution in [3.63, 3.8) is 0 Å². The van der Waals surface area contributed by atoms with Gasteiger partial charge in [0.15, 0.2) is 0 Å². The zero-order valence-corrected chi connectivity index (χ0v) is 10.9. The molecule has 0 saturated heterocycles. The molecule has 3 heteroatoms. The molecule has 20 heavy (non-hydrogen) atoms. The van der Waals surface area contributed by atoms with Gasteiger partial charge in [0, 0.05) is 18.1 Å². The SMILES string of the molecule is NC(=O)c1ccn(-c2ccc(-c3ccccc3)cc2)c1. The van der Waals surface area contributed by atoms with Crippen molar-refractivity contribution in [2.45, 2.75) is 0 Å². The molecular formula is C17H14N2O. The Kier molecular flexibility index (Phi) is 3.09. The molecule has 2 N–H and O–H groups in total. The lowest BCUT2D eigenvalue weighted by atomic mass is 10.1. The summed E-state index contributed by atoms with van der Waals surface area (Å²) in [5.74, 6) is -0.412. The number of nitrogens with two attached hydrogens (primary N) is 1. The monoisotopic (exact) mass is 262 g/mol. The van der Waals surface area contributed by atoms with Gasteiger partial charge in [-0.3, -0.25) is 4.79 Å². The lowest BCUT2D eigenvalue weighted by Crippen LogP contribution is -2.09. The van der Waals surface area contributed by atoms with Crippen molar-refractivity contribution in [2.75, 3.05) is 0 Å². The summed E-state index contributed by atoms with van der Waals surface area (Å²) in [7, 11) is 0. The van der Waals surface area contributed by atoms with Crippen LogP contribution >= 0.6 is 0 Å². The predicted octanol–water partition coefficient (Wildman–Crippen LogP) is 3.24. The van der Waals surface area contributed by atoms with E-state index in [1.54, 1.807) is 12.3 Å². The normalized spacial score (nSPS) is 10.4. The van der Waals surface area contributed by atoms with Crippen LogP contribution < -0.4 is 5.73 Å². The average Bonchev–Trinajstić information content (AvgIpc) is 2.98. The molecule has 0 aliphatic rings. The molecule has 1 heterocycles. The van der Waals surface area contributed by atoms with E-state index in [0.717, 1.165) is 11.3 Å². The maximum Gasteiger partial charge on any atom is 0.250 e. The van der Waals surface area contributed by atoms with Gasteiger partial charge in [-0.15, -0.1) is 0 Å². The van der Waals surface area contributed by atoms with Crippen LogP contribution in [0, 0.1) is 0 Å². The maximum atomic E-state index is 11.1. The van der Waals surface area contributed by atoms with E-state index in [1.165, 1.54) is 5.56 Å². The van der Waals surface area contributed by atoms with Gasteiger partial charge < -0.3 is 10.3 Å². The first-order chi connectivity index (χ1) is 9.74. The van der Waals surface area contributed by atoms with E-state index in [4.69, 9.17) is 5.73 Å². The fourth-order valence-corrected chi connectivity index (χ4v) is 2.16. The molecule has 0 unspecified atom stereocenters. The second kappa shape index (κ2) is 5.05. The number of carbonyl (C=O) groups is 1. The van der Waals surface area contributed by atoms with Gasteiger partial charge >= 0.3 is 0 Å². The highest BCUT2D eigenvalue weighted by Crippen LogP contribution is 2.21. The fourth-order valence-electron chi connectivity index (χ4n) is 2.16. The molecular weight excluding hydrogens is 248 g/mol. The van der Waals surface area contributed by atoms with E-state index in [-0.39, 0.29) is 0 Å². The van der Waals surface area contributed by atoms with Crippen molar-refractivity contribution < 1.29 is 4.79 Å². The zero-order chi connectivity index (χ0) is 13.9. The number of benzene rings is 2. The highest BCUT2D eigenvalue weighted by molar-refractivity contribution is 5.92. The standard InChI is InChI=1S/C17H14N2O/c18-17(20)15-10-11-19(12-15)16-8-6-14(7-9-16)13-4-2-1-3-5-13/h1-12H,(H2,18,20). The van der Waals surface area contributed by atoms with E-state index in [1.807, 2.05) is 41.1 Å². The molecule has 0 fully saturated rings. The number of hydrogen-bond donors (Lipinski definition) is 1. The van der Waals surface area contributed by atoms with E-state index < -0.39 is 5.91 Å². The van der Waals surface area contributed by atoms with E-state index in [2.05, 4.69) is 24.3 Å². The minimum absolute atomic E-state index is 0.412. The number of primary amides is 1. The molecule has 3 nitrogen and oxygen atoms in total. The second-order valence-electron chi connectivity index (χ2n) is 4.58. The first kappa shape index (κ1) is 12.2. The van der Waals surface area contributed by atoms with Crippen LogP contribution in [0.3, 0.4) is 0 Å². The Hall–Kier alpha value is -2.81. The summed E-state index contributed by atoms with van der Waals surface area (Å²) in [6.45, 7) is 0. The molecule has 3 rings (SSSR count). The van der Waals surface area contributed by atoms with Gasteiger partial charge in [-0.25, -0.2) is 0 Å². The third-order valence-electron chi connectivity index (χ3n) is 3.25. The smallest absolute Gasteiger partial charge is 0.250 e. The van der Waals surface area contributed by atoms with Crippen molar-refractivity contribution in [1.29, 1.82) is 0 Å². The van der Waals surface area contributed by atoms with Crippen LogP contribution in [0.2, 0.25) is 0 Å². The highest BCUT2D eigenvalue weighted by Gasteiger charge is 2.04. The summed E-state index contributed by atoms with van der Waals surface area (Å²) in [4.78, 5) is 11.1. The van der Waals surface area contributed by atoms with Crippen molar-refractivity contribution in [2.24, 2.45) is 5.73 Å². The van der Waals surface area contributed by atoms with Gasteiger partial charge in [-0.05, 0) is 29.3 Å². The Labute approximate surface area is 117 Å². The third kappa shape index (κ3) is 2.34. The van der Waals surface area contributed by atoms with Gasteiger partial charge in [0.05, 0.1) is 5.56 Å². The van der Waals surface area contributed by atoms with Crippen LogP contribution in [0.15, 0.2) is 73.1 Å². The number of aromatic nitrogens is 1. The summed E-state index contributed by atoms with van der Waals surface area (Å²) in [6, 6.07) is 20.1. The summed E-state index contributed by atoms with van der Waals surface area (Å²) >= 11 is 0. The minimum atomic E-state index is -0.412. The van der Waals surface area contributed by atoms with E-state index in [0.29, 0.717) is 5.56 Å². The van der Waals surface area contributed by atoms with Crippen LogP contribution in [0.4, 0.5) is 0 Å². The maximum absolute atomic E-state index is 11.1. The Morgan fingerprint density at radius 3 is 2.10 bits per heavy atom. The first-order valence-electron chi connectivity index (χ1n) is 6.38. The second-order valence-corrected chi connectivity index (χ2v) is 4.58. The van der Waals surface area contributed by atoms with Crippen molar-refractivity contribution in [3.8, 4) is 16.8 Å². The Balaban J connectivity index is 1.91.